The number of carbonyl (C=O) groups is 2. The van der Waals surface area contributed by atoms with Crippen molar-refractivity contribution in [3.63, 3.8) is 0 Å². The molecule has 0 atom stereocenters. The molecule has 2 aliphatic rings. The molecule has 4 aromatic rings. The second kappa shape index (κ2) is 11.3. The highest BCUT2D eigenvalue weighted by Crippen LogP contribution is 2.41. The maximum absolute atomic E-state index is 15.4. The van der Waals surface area contributed by atoms with Crippen LogP contribution in [0.2, 0.25) is 10.0 Å². The van der Waals surface area contributed by atoms with Gasteiger partial charge in [0, 0.05) is 48.6 Å². The first kappa shape index (κ1) is 28.0. The van der Waals surface area contributed by atoms with Crippen LogP contribution in [0.1, 0.15) is 26.3 Å². The minimum Gasteiger partial charge on any atom is -0.478 e. The third-order valence-electron chi connectivity index (χ3n) is 7.36. The smallest absolute Gasteiger partial charge is 0.337 e. The van der Waals surface area contributed by atoms with Gasteiger partial charge in [0.1, 0.15) is 11.6 Å². The summed E-state index contributed by atoms with van der Waals surface area (Å²) in [4.78, 5) is 28.8. The molecule has 6 rings (SSSR count). The Hall–Kier alpha value is -4.12. The fourth-order valence-corrected chi connectivity index (χ4v) is 5.94. The minimum absolute atomic E-state index is 0.120. The zero-order chi connectivity index (χ0) is 29.5. The van der Waals surface area contributed by atoms with E-state index in [9.17, 15) is 14.7 Å². The van der Waals surface area contributed by atoms with E-state index in [2.05, 4.69) is 5.10 Å². The van der Waals surface area contributed by atoms with Crippen LogP contribution in [-0.2, 0) is 18.3 Å². The van der Waals surface area contributed by atoms with Crippen molar-refractivity contribution in [2.75, 3.05) is 37.9 Å². The summed E-state index contributed by atoms with van der Waals surface area (Å²) in [7, 11) is 1.80. The summed E-state index contributed by atoms with van der Waals surface area (Å²) in [5, 5.41) is 14.3. The van der Waals surface area contributed by atoms with Gasteiger partial charge >= 0.3 is 5.97 Å². The Labute approximate surface area is 250 Å². The van der Waals surface area contributed by atoms with Gasteiger partial charge in [-0.05, 0) is 29.8 Å². The maximum atomic E-state index is 15.4. The van der Waals surface area contributed by atoms with Crippen molar-refractivity contribution in [2.45, 2.75) is 6.54 Å². The van der Waals surface area contributed by atoms with Crippen molar-refractivity contribution >= 4 is 40.8 Å². The van der Waals surface area contributed by atoms with Crippen molar-refractivity contribution in [3.8, 4) is 28.0 Å². The molecule has 2 aliphatic heterocycles. The second-order valence-electron chi connectivity index (χ2n) is 10.0. The van der Waals surface area contributed by atoms with E-state index in [1.165, 1.54) is 4.90 Å². The Morgan fingerprint density at radius 3 is 2.43 bits per heavy atom. The van der Waals surface area contributed by atoms with Crippen molar-refractivity contribution in [1.29, 1.82) is 0 Å². The van der Waals surface area contributed by atoms with Gasteiger partial charge in [0.15, 0.2) is 6.73 Å². The van der Waals surface area contributed by atoms with Crippen molar-refractivity contribution in [1.82, 2.24) is 14.7 Å². The fraction of sp³-hybridized carbons (Fsp3) is 0.233. The number of fused-ring (bicyclic) bond motifs is 1. The van der Waals surface area contributed by atoms with Crippen molar-refractivity contribution in [2.24, 2.45) is 7.05 Å². The van der Waals surface area contributed by atoms with Gasteiger partial charge < -0.3 is 24.4 Å². The van der Waals surface area contributed by atoms with Gasteiger partial charge in [0.05, 0.1) is 52.8 Å². The summed E-state index contributed by atoms with van der Waals surface area (Å²) in [5.41, 5.74) is 3.29. The maximum Gasteiger partial charge on any atom is 0.337 e. The van der Waals surface area contributed by atoms with Gasteiger partial charge in [-0.1, -0.05) is 41.4 Å². The first-order valence-electron chi connectivity index (χ1n) is 13.1. The van der Waals surface area contributed by atoms with Crippen LogP contribution in [0.15, 0.2) is 54.9 Å². The SMILES string of the molecule is Cn1cc(-c2cc(Cl)c(C(=O)N3COc4c(cccc4-c4cc(N5CCOCC5)c(C(=O)O)cc4F)C3)c(Cl)c2)cn1. The molecule has 1 N–H and O–H groups in total. The predicted octanol–water partition coefficient (Wildman–Crippen LogP) is 5.73. The summed E-state index contributed by atoms with van der Waals surface area (Å²) in [5.74, 6) is -1.90. The molecule has 1 amide bonds. The van der Waals surface area contributed by atoms with E-state index in [4.69, 9.17) is 32.7 Å². The molecule has 12 heteroatoms. The topological polar surface area (TPSA) is 97.1 Å². The van der Waals surface area contributed by atoms with Crippen molar-refractivity contribution < 1.29 is 28.6 Å². The lowest BCUT2D eigenvalue weighted by Crippen LogP contribution is -2.37. The zero-order valence-electron chi connectivity index (χ0n) is 22.4. The van der Waals surface area contributed by atoms with E-state index in [0.29, 0.717) is 48.9 Å². The highest BCUT2D eigenvalue weighted by Gasteiger charge is 2.30. The summed E-state index contributed by atoms with van der Waals surface area (Å²) in [6, 6.07) is 11.2. The third-order valence-corrected chi connectivity index (χ3v) is 7.96. The van der Waals surface area contributed by atoms with E-state index >= 15 is 4.39 Å². The van der Waals surface area contributed by atoms with Crippen LogP contribution in [0.4, 0.5) is 10.1 Å². The average molecular weight is 611 g/mol. The third kappa shape index (κ3) is 5.17. The normalized spacial score (nSPS) is 14.9. The number of carbonyl (C=O) groups excluding carboxylic acids is 1. The summed E-state index contributed by atoms with van der Waals surface area (Å²) in [6.45, 7) is 1.91. The van der Waals surface area contributed by atoms with Gasteiger partial charge in [-0.15, -0.1) is 0 Å². The Morgan fingerprint density at radius 2 is 1.76 bits per heavy atom. The number of nitrogens with zero attached hydrogens (tertiary/aromatic N) is 4. The number of hydrogen-bond donors (Lipinski definition) is 1. The average Bonchev–Trinajstić information content (AvgIpc) is 3.42. The number of para-hydroxylation sites is 1. The van der Waals surface area contributed by atoms with Gasteiger partial charge in [0.2, 0.25) is 0 Å². The number of rotatable bonds is 5. The Kier molecular flexibility index (Phi) is 7.53. The van der Waals surface area contributed by atoms with Crippen LogP contribution >= 0.6 is 23.2 Å². The number of hydrogen-bond acceptors (Lipinski definition) is 6. The number of amides is 1. The van der Waals surface area contributed by atoms with Crippen LogP contribution < -0.4 is 9.64 Å². The number of anilines is 1. The number of aromatic nitrogens is 2. The molecule has 0 unspecified atom stereocenters. The van der Waals surface area contributed by atoms with Crippen LogP contribution in [0.3, 0.4) is 0 Å². The highest BCUT2D eigenvalue weighted by molar-refractivity contribution is 6.40. The molecule has 0 saturated carbocycles. The number of halogens is 3. The summed E-state index contributed by atoms with van der Waals surface area (Å²) < 4.78 is 28.5. The lowest BCUT2D eigenvalue weighted by Gasteiger charge is -2.32. The molecule has 1 fully saturated rings. The number of aryl methyl sites for hydroxylation is 1. The van der Waals surface area contributed by atoms with E-state index in [-0.39, 0.29) is 40.0 Å². The molecule has 216 valence electrons. The van der Waals surface area contributed by atoms with Crippen LogP contribution in [0.5, 0.6) is 5.75 Å². The molecule has 0 radical (unpaired) electrons. The van der Waals surface area contributed by atoms with Crippen molar-refractivity contribution in [3.05, 3.63) is 87.4 Å². The monoisotopic (exact) mass is 610 g/mol. The number of ether oxygens (including phenoxy) is 2. The molecule has 1 aromatic heterocycles. The Bertz CT molecular complexity index is 1700. The number of carboxylic acid groups (broad SMARTS) is 1. The number of benzene rings is 3. The number of aromatic carboxylic acids is 1. The molecule has 0 aliphatic carbocycles. The molecule has 3 heterocycles. The summed E-state index contributed by atoms with van der Waals surface area (Å²) >= 11 is 13.1. The van der Waals surface area contributed by atoms with E-state index in [0.717, 1.165) is 17.2 Å². The molecular weight excluding hydrogens is 586 g/mol. The first-order valence-corrected chi connectivity index (χ1v) is 13.9. The minimum atomic E-state index is -1.21. The van der Waals surface area contributed by atoms with Gasteiger partial charge in [-0.2, -0.15) is 5.10 Å². The molecule has 0 spiro atoms. The van der Waals surface area contributed by atoms with Gasteiger partial charge in [0.25, 0.3) is 5.91 Å². The summed E-state index contributed by atoms with van der Waals surface area (Å²) in [6.07, 6.45) is 3.50. The van der Waals surface area contributed by atoms with Gasteiger partial charge in [-0.25, -0.2) is 9.18 Å². The predicted molar refractivity (Wildman–Crippen MR) is 156 cm³/mol. The number of carboxylic acids is 1. The molecular formula is C30H25Cl2FN4O5. The molecule has 9 nitrogen and oxygen atoms in total. The van der Waals surface area contributed by atoms with Crippen LogP contribution in [0, 0.1) is 5.82 Å². The Morgan fingerprint density at radius 1 is 1.02 bits per heavy atom. The van der Waals surface area contributed by atoms with Crippen LogP contribution in [-0.4, -0.2) is 64.7 Å². The first-order chi connectivity index (χ1) is 20.2. The molecule has 0 bridgehead atoms. The lowest BCUT2D eigenvalue weighted by atomic mass is 9.97. The Balaban J connectivity index is 1.31. The van der Waals surface area contributed by atoms with E-state index in [1.54, 1.807) is 54.3 Å². The lowest BCUT2D eigenvalue weighted by molar-refractivity contribution is 0.0516. The quantitative estimate of drug-likeness (QED) is 0.308. The second-order valence-corrected chi connectivity index (χ2v) is 10.9. The fourth-order valence-electron chi connectivity index (χ4n) is 5.29. The molecule has 3 aromatic carbocycles. The van der Waals surface area contributed by atoms with Gasteiger partial charge in [-0.3, -0.25) is 9.48 Å². The van der Waals surface area contributed by atoms with Crippen LogP contribution in [0.25, 0.3) is 22.3 Å². The zero-order valence-corrected chi connectivity index (χ0v) is 24.0. The molecule has 1 saturated heterocycles. The standard InChI is InChI=1S/C30H25Cl2FN4O5/c1-35-14-19(13-34-35)18-9-23(31)27(24(32)10-18)29(38)37-15-17-3-2-4-20(28(17)42-16-37)21-12-26(36-5-7-41-8-6-36)22(30(39)40)11-25(21)33/h2-4,9-14H,5-8,15-16H2,1H3,(H,39,40). The largest absolute Gasteiger partial charge is 0.478 e. The number of morpholine rings is 1. The highest BCUT2D eigenvalue weighted by atomic mass is 35.5. The molecule has 42 heavy (non-hydrogen) atoms. The van der Waals surface area contributed by atoms with E-state index in [1.807, 2.05) is 11.1 Å². The van der Waals surface area contributed by atoms with E-state index < -0.39 is 17.7 Å².